The van der Waals surface area contributed by atoms with Crippen molar-refractivity contribution in [1.82, 2.24) is 19.9 Å². The number of pyridine rings is 1. The smallest absolute Gasteiger partial charge is 0.274 e. The molecule has 3 heterocycles. The van der Waals surface area contributed by atoms with E-state index >= 15 is 0 Å². The Hall–Kier alpha value is -3.28. The first-order valence-corrected chi connectivity index (χ1v) is 9.40. The third kappa shape index (κ3) is 3.86. The Morgan fingerprint density at radius 3 is 2.93 bits per heavy atom. The number of amides is 1. The van der Waals surface area contributed by atoms with Crippen molar-refractivity contribution in [2.75, 3.05) is 13.7 Å². The molecular formula is C22H22N4O2. The van der Waals surface area contributed by atoms with Crippen LogP contribution in [-0.4, -0.2) is 39.4 Å². The predicted octanol–water partition coefficient (Wildman–Crippen LogP) is 3.45. The summed E-state index contributed by atoms with van der Waals surface area (Å²) in [4.78, 5) is 27.8. The molecule has 1 fully saturated rings. The highest BCUT2D eigenvalue weighted by molar-refractivity contribution is 5.92. The summed E-state index contributed by atoms with van der Waals surface area (Å²) in [5, 5.41) is 0. The van der Waals surface area contributed by atoms with Gasteiger partial charge >= 0.3 is 0 Å². The topological polar surface area (TPSA) is 68.2 Å². The van der Waals surface area contributed by atoms with Crippen molar-refractivity contribution in [2.45, 2.75) is 25.3 Å². The third-order valence-electron chi connectivity index (χ3n) is 4.99. The average molecular weight is 374 g/mol. The fourth-order valence-electron chi connectivity index (χ4n) is 3.65. The molecule has 1 aliphatic rings. The van der Waals surface area contributed by atoms with Gasteiger partial charge in [0.15, 0.2) is 0 Å². The Bertz CT molecular complexity index is 962. The van der Waals surface area contributed by atoms with Crippen LogP contribution in [0.4, 0.5) is 0 Å². The average Bonchev–Trinajstić information content (AvgIpc) is 3.24. The molecule has 1 amide bonds. The van der Waals surface area contributed by atoms with Crippen molar-refractivity contribution in [3.63, 3.8) is 0 Å². The Labute approximate surface area is 164 Å². The molecular weight excluding hydrogens is 352 g/mol. The molecule has 28 heavy (non-hydrogen) atoms. The normalized spacial score (nSPS) is 16.2. The number of carbonyl (C=O) groups is 1. The summed E-state index contributed by atoms with van der Waals surface area (Å²) in [5.74, 6) is 0.751. The predicted molar refractivity (Wildman–Crippen MR) is 105 cm³/mol. The molecule has 142 valence electrons. The van der Waals surface area contributed by atoms with Crippen molar-refractivity contribution in [3.05, 3.63) is 83.7 Å². The number of rotatable bonds is 5. The van der Waals surface area contributed by atoms with Crippen molar-refractivity contribution in [2.24, 2.45) is 0 Å². The number of hydrogen-bond donors (Lipinski definition) is 0. The highest BCUT2D eigenvalue weighted by Gasteiger charge is 2.32. The summed E-state index contributed by atoms with van der Waals surface area (Å²) in [6.07, 6.45) is 7.22. The van der Waals surface area contributed by atoms with Gasteiger partial charge in [0.05, 0.1) is 25.0 Å². The standard InChI is InChI=1S/C22H22N4O2/c1-28-18-7-2-5-16(14-18)13-17-6-3-8-19(25-17)21-9-4-12-26(21)22(27)20-15-23-10-11-24-20/h2-3,5-8,10-11,14-15,21H,4,9,12-13H2,1H3/t21-/m0/s1. The van der Waals surface area contributed by atoms with Gasteiger partial charge < -0.3 is 9.64 Å². The van der Waals surface area contributed by atoms with Crippen LogP contribution < -0.4 is 4.74 Å². The van der Waals surface area contributed by atoms with Crippen molar-refractivity contribution < 1.29 is 9.53 Å². The number of ether oxygens (including phenoxy) is 1. The Kier molecular flexibility index (Phi) is 5.28. The van der Waals surface area contributed by atoms with E-state index in [1.165, 1.54) is 6.20 Å². The molecule has 0 spiro atoms. The highest BCUT2D eigenvalue weighted by Crippen LogP contribution is 2.32. The lowest BCUT2D eigenvalue weighted by atomic mass is 10.1. The van der Waals surface area contributed by atoms with E-state index in [4.69, 9.17) is 9.72 Å². The molecule has 0 unspecified atom stereocenters. The fraction of sp³-hybridized carbons (Fsp3) is 0.273. The molecule has 0 bridgehead atoms. The first-order valence-electron chi connectivity index (χ1n) is 9.40. The Morgan fingerprint density at radius 2 is 2.11 bits per heavy atom. The van der Waals surface area contributed by atoms with Gasteiger partial charge in [-0.15, -0.1) is 0 Å². The van der Waals surface area contributed by atoms with Gasteiger partial charge in [0.2, 0.25) is 0 Å². The molecule has 0 radical (unpaired) electrons. The maximum Gasteiger partial charge on any atom is 0.274 e. The molecule has 6 nitrogen and oxygen atoms in total. The van der Waals surface area contributed by atoms with Gasteiger partial charge in [-0.25, -0.2) is 4.98 Å². The van der Waals surface area contributed by atoms with Gasteiger partial charge in [0, 0.05) is 31.1 Å². The third-order valence-corrected chi connectivity index (χ3v) is 4.99. The highest BCUT2D eigenvalue weighted by atomic mass is 16.5. The van der Waals surface area contributed by atoms with Gasteiger partial charge in [-0.05, 0) is 42.7 Å². The molecule has 1 atom stereocenters. The van der Waals surface area contributed by atoms with Gasteiger partial charge in [0.25, 0.3) is 5.91 Å². The summed E-state index contributed by atoms with van der Waals surface area (Å²) >= 11 is 0. The lowest BCUT2D eigenvalue weighted by Crippen LogP contribution is -2.31. The van der Waals surface area contributed by atoms with Crippen LogP contribution in [0.5, 0.6) is 5.75 Å². The second-order valence-corrected chi connectivity index (χ2v) is 6.83. The van der Waals surface area contributed by atoms with E-state index in [2.05, 4.69) is 16.0 Å². The zero-order valence-electron chi connectivity index (χ0n) is 15.8. The summed E-state index contributed by atoms with van der Waals surface area (Å²) in [6.45, 7) is 0.710. The van der Waals surface area contributed by atoms with Crippen molar-refractivity contribution in [1.29, 1.82) is 0 Å². The molecule has 0 saturated carbocycles. The number of hydrogen-bond acceptors (Lipinski definition) is 5. The van der Waals surface area contributed by atoms with Crippen LogP contribution in [-0.2, 0) is 6.42 Å². The van der Waals surface area contributed by atoms with E-state index in [1.54, 1.807) is 19.5 Å². The zero-order valence-corrected chi connectivity index (χ0v) is 15.8. The molecule has 0 N–H and O–H groups in total. The van der Waals surface area contributed by atoms with E-state index in [1.807, 2.05) is 41.3 Å². The van der Waals surface area contributed by atoms with E-state index in [0.29, 0.717) is 12.2 Å². The molecule has 1 aromatic carbocycles. The van der Waals surface area contributed by atoms with Crippen LogP contribution in [0.25, 0.3) is 0 Å². The lowest BCUT2D eigenvalue weighted by molar-refractivity contribution is 0.0726. The minimum Gasteiger partial charge on any atom is -0.497 e. The molecule has 6 heteroatoms. The van der Waals surface area contributed by atoms with Crippen LogP contribution in [0.3, 0.4) is 0 Å². The number of carbonyl (C=O) groups excluding carboxylic acids is 1. The maximum atomic E-state index is 12.9. The molecule has 1 saturated heterocycles. The monoisotopic (exact) mass is 374 g/mol. The number of aromatic nitrogens is 3. The second-order valence-electron chi connectivity index (χ2n) is 6.83. The van der Waals surface area contributed by atoms with E-state index < -0.39 is 0 Å². The lowest BCUT2D eigenvalue weighted by Gasteiger charge is -2.24. The summed E-state index contributed by atoms with van der Waals surface area (Å²) in [6, 6.07) is 14.0. The number of nitrogens with zero attached hydrogens (tertiary/aromatic N) is 4. The maximum absolute atomic E-state index is 12.9. The van der Waals surface area contributed by atoms with Crippen molar-refractivity contribution in [3.8, 4) is 5.75 Å². The fourth-order valence-corrected chi connectivity index (χ4v) is 3.65. The summed E-state index contributed by atoms with van der Waals surface area (Å²) < 4.78 is 5.30. The largest absolute Gasteiger partial charge is 0.497 e. The van der Waals surface area contributed by atoms with Gasteiger partial charge in [-0.3, -0.25) is 14.8 Å². The Balaban J connectivity index is 1.55. The first-order chi connectivity index (χ1) is 13.7. The van der Waals surface area contributed by atoms with Crippen LogP contribution in [0.2, 0.25) is 0 Å². The number of methoxy groups -OCH3 is 1. The minimum atomic E-state index is -0.0874. The van der Waals surface area contributed by atoms with E-state index in [-0.39, 0.29) is 11.9 Å². The molecule has 3 aromatic rings. The second kappa shape index (κ2) is 8.17. The Morgan fingerprint density at radius 1 is 1.21 bits per heavy atom. The minimum absolute atomic E-state index is 0.0280. The molecule has 4 rings (SSSR count). The zero-order chi connectivity index (χ0) is 19.3. The van der Waals surface area contributed by atoms with Gasteiger partial charge in [-0.1, -0.05) is 18.2 Å². The molecule has 1 aliphatic heterocycles. The SMILES string of the molecule is COc1cccc(Cc2cccc([C@@H]3CCCN3C(=O)c3cnccn3)n2)c1. The summed E-state index contributed by atoms with van der Waals surface area (Å²) in [5.41, 5.74) is 3.42. The van der Waals surface area contributed by atoms with E-state index in [9.17, 15) is 4.79 Å². The molecule has 2 aromatic heterocycles. The van der Waals surface area contributed by atoms with Crippen molar-refractivity contribution >= 4 is 5.91 Å². The van der Waals surface area contributed by atoms with Gasteiger partial charge in [-0.2, -0.15) is 0 Å². The first kappa shape index (κ1) is 18.1. The van der Waals surface area contributed by atoms with Gasteiger partial charge in [0.1, 0.15) is 11.4 Å². The number of likely N-dealkylation sites (tertiary alicyclic amines) is 1. The number of benzene rings is 1. The van der Waals surface area contributed by atoms with Crippen LogP contribution in [0.1, 0.15) is 46.3 Å². The molecule has 0 aliphatic carbocycles. The van der Waals surface area contributed by atoms with Crippen LogP contribution in [0.15, 0.2) is 61.1 Å². The van der Waals surface area contributed by atoms with Crippen LogP contribution in [0, 0.1) is 0 Å². The summed E-state index contributed by atoms with van der Waals surface area (Å²) in [7, 11) is 1.67. The quantitative estimate of drug-likeness (QED) is 0.684. The van der Waals surface area contributed by atoms with E-state index in [0.717, 1.165) is 42.0 Å². The van der Waals surface area contributed by atoms with Crippen LogP contribution >= 0.6 is 0 Å².